The molecule has 0 fully saturated rings. The minimum Gasteiger partial charge on any atom is -0.248 e. The van der Waals surface area contributed by atoms with Gasteiger partial charge in [0, 0.05) is 11.1 Å². The molecule has 10 rings (SSSR count). The summed E-state index contributed by atoms with van der Waals surface area (Å²) in [5.74, 6) is 0. The number of pyridine rings is 1. The van der Waals surface area contributed by atoms with Crippen molar-refractivity contribution in [3.63, 3.8) is 0 Å². The molecule has 0 bridgehead atoms. The number of rotatable bonds is 11. The van der Waals surface area contributed by atoms with Crippen LogP contribution in [0.4, 0.5) is 0 Å². The number of hydrogen-bond acceptors (Lipinski definition) is 1. The van der Waals surface area contributed by atoms with Crippen LogP contribution < -0.4 is 20.7 Å². The van der Waals surface area contributed by atoms with Crippen LogP contribution >= 0.6 is 0 Å². The molecule has 0 N–H and O–H groups in total. The second-order valence-corrected chi connectivity index (χ2v) is 21.1. The molecule has 9 aromatic carbocycles. The lowest BCUT2D eigenvalue weighted by atomic mass is 9.65. The van der Waals surface area contributed by atoms with Gasteiger partial charge in [-0.3, -0.25) is 0 Å². The van der Waals surface area contributed by atoms with Crippen LogP contribution in [0, 0.1) is 20.8 Å². The molecule has 0 aliphatic carbocycles. The molecule has 0 saturated carbocycles. The van der Waals surface area contributed by atoms with Crippen molar-refractivity contribution in [2.45, 2.75) is 26.2 Å². The average molecular weight is 850 g/mol. The summed E-state index contributed by atoms with van der Waals surface area (Å²) in [4.78, 5) is 5.67. The Morgan fingerprint density at radius 1 is 0.308 bits per heavy atom. The normalized spacial score (nSPS) is 11.6. The molecule has 0 atom stereocenters. The van der Waals surface area contributed by atoms with E-state index in [2.05, 4.69) is 276 Å². The van der Waals surface area contributed by atoms with Gasteiger partial charge in [-0.25, -0.2) is 4.98 Å². The van der Waals surface area contributed by atoms with E-state index in [-0.39, 0.29) is 0 Å². The van der Waals surface area contributed by atoms with Crippen LogP contribution in [0.25, 0.3) is 33.6 Å². The van der Waals surface area contributed by atoms with Gasteiger partial charge in [-0.15, -0.1) is 0 Å². The van der Waals surface area contributed by atoms with Crippen LogP contribution in [-0.4, -0.2) is 13.1 Å². The van der Waals surface area contributed by atoms with E-state index in [9.17, 15) is 0 Å². The van der Waals surface area contributed by atoms with E-state index < -0.39 is 13.5 Å². The van der Waals surface area contributed by atoms with Crippen molar-refractivity contribution in [3.05, 3.63) is 294 Å². The van der Waals surface area contributed by atoms with Gasteiger partial charge in [-0.1, -0.05) is 242 Å². The molecule has 0 unspecified atom stereocenters. The molecule has 1 heterocycles. The predicted molar refractivity (Wildman–Crippen MR) is 277 cm³/mol. The van der Waals surface area contributed by atoms with E-state index in [1.54, 1.807) is 0 Å². The maximum absolute atomic E-state index is 5.67. The van der Waals surface area contributed by atoms with Crippen LogP contribution in [0.3, 0.4) is 0 Å². The van der Waals surface area contributed by atoms with Gasteiger partial charge < -0.3 is 0 Å². The quantitative estimate of drug-likeness (QED) is 0.0933. The van der Waals surface area contributed by atoms with Crippen LogP contribution in [0.1, 0.15) is 38.9 Å². The zero-order chi connectivity index (χ0) is 44.2. The topological polar surface area (TPSA) is 12.9 Å². The molecule has 0 amide bonds. The van der Waals surface area contributed by atoms with Crippen molar-refractivity contribution in [2.75, 3.05) is 0 Å². The first-order valence-electron chi connectivity index (χ1n) is 22.6. The fourth-order valence-corrected chi connectivity index (χ4v) is 15.4. The molecule has 312 valence electrons. The number of benzene rings is 9. The first kappa shape index (κ1) is 41.4. The van der Waals surface area contributed by atoms with Crippen LogP contribution in [0.15, 0.2) is 255 Å². The first-order chi connectivity index (χ1) is 32.0. The molecular weight excluding hydrogens is 799 g/mol. The SMILES string of the molecule is Cc1cc(C)c(-c2cc(-c3cccc(C(c4ccccc4)(c4ccccc4)c4ccccc4)c3)nc(-c3cccc([Si](c4ccccc4)(c4ccccc4)c4ccccc4)c3)c2)c(C)c1. The lowest BCUT2D eigenvalue weighted by molar-refractivity contribution is 0.745. The smallest absolute Gasteiger partial charge is 0.179 e. The molecule has 0 spiro atoms. The third-order valence-corrected chi connectivity index (χ3v) is 18.0. The summed E-state index contributed by atoms with van der Waals surface area (Å²) in [7, 11) is -2.80. The van der Waals surface area contributed by atoms with Gasteiger partial charge in [0.2, 0.25) is 0 Å². The molecule has 0 aliphatic rings. The van der Waals surface area contributed by atoms with Crippen molar-refractivity contribution < 1.29 is 0 Å². The molecule has 10 aromatic rings. The van der Waals surface area contributed by atoms with Crippen LogP contribution in [-0.2, 0) is 5.41 Å². The van der Waals surface area contributed by atoms with Crippen LogP contribution in [0.5, 0.6) is 0 Å². The first-order valence-corrected chi connectivity index (χ1v) is 24.6. The van der Waals surface area contributed by atoms with Crippen LogP contribution in [0.2, 0.25) is 0 Å². The highest BCUT2D eigenvalue weighted by molar-refractivity contribution is 7.19. The van der Waals surface area contributed by atoms with Crippen molar-refractivity contribution in [1.82, 2.24) is 4.98 Å². The van der Waals surface area contributed by atoms with Gasteiger partial charge in [0.05, 0.1) is 16.8 Å². The van der Waals surface area contributed by atoms with Crippen molar-refractivity contribution >= 4 is 28.8 Å². The predicted octanol–water partition coefficient (Wildman–Crippen LogP) is 12.8. The van der Waals surface area contributed by atoms with Gasteiger partial charge in [-0.05, 0) is 104 Å². The largest absolute Gasteiger partial charge is 0.248 e. The Morgan fingerprint density at radius 3 is 1.09 bits per heavy atom. The summed E-state index contributed by atoms with van der Waals surface area (Å²) in [5, 5.41) is 5.35. The third-order valence-electron chi connectivity index (χ3n) is 13.2. The van der Waals surface area contributed by atoms with E-state index in [0.717, 1.165) is 28.1 Å². The van der Waals surface area contributed by atoms with Crippen molar-refractivity contribution in [2.24, 2.45) is 0 Å². The van der Waals surface area contributed by atoms with Crippen molar-refractivity contribution in [3.8, 4) is 33.6 Å². The highest BCUT2D eigenvalue weighted by atomic mass is 28.3. The summed E-state index contributed by atoms with van der Waals surface area (Å²) >= 11 is 0. The molecule has 2 heteroatoms. The standard InChI is InChI=1S/C63H51NSi/c1-46-40-47(2)62(48(3)41-46)51-44-60(49-24-22-32-55(42-49)63(52-26-10-4-11-27-52,53-28-12-5-13-29-53)54-30-14-6-15-31-54)64-61(45-51)50-25-23-39-59(43-50)65(56-33-16-7-17-34-56,57-35-18-8-19-36-57)58-37-20-9-21-38-58/h4-45H,1-3H3. The maximum atomic E-state index is 5.67. The Bertz CT molecular complexity index is 2800. The summed E-state index contributed by atoms with van der Waals surface area (Å²) in [6, 6.07) is 93.9. The van der Waals surface area contributed by atoms with Gasteiger partial charge in [0.25, 0.3) is 0 Å². The van der Waals surface area contributed by atoms with E-state index in [4.69, 9.17) is 4.98 Å². The number of hydrogen-bond donors (Lipinski definition) is 0. The second-order valence-electron chi connectivity index (χ2n) is 17.3. The minimum atomic E-state index is -2.80. The summed E-state index contributed by atoms with van der Waals surface area (Å²) < 4.78 is 0. The zero-order valence-corrected chi connectivity index (χ0v) is 38.2. The number of nitrogens with zero attached hydrogens (tertiary/aromatic N) is 1. The molecule has 0 radical (unpaired) electrons. The maximum Gasteiger partial charge on any atom is 0.179 e. The van der Waals surface area contributed by atoms with Crippen molar-refractivity contribution in [1.29, 1.82) is 0 Å². The van der Waals surface area contributed by atoms with Gasteiger partial charge in [0.15, 0.2) is 8.07 Å². The Morgan fingerprint density at radius 2 is 0.662 bits per heavy atom. The Balaban J connectivity index is 1.22. The monoisotopic (exact) mass is 849 g/mol. The summed E-state index contributed by atoms with van der Waals surface area (Å²) in [6.45, 7) is 6.67. The molecule has 1 nitrogen and oxygen atoms in total. The Hall–Kier alpha value is -7.65. The zero-order valence-electron chi connectivity index (χ0n) is 37.2. The highest BCUT2D eigenvalue weighted by Gasteiger charge is 2.42. The van der Waals surface area contributed by atoms with Gasteiger partial charge in [-0.2, -0.15) is 0 Å². The molecular formula is C63H51NSi. The Labute approximate surface area is 385 Å². The van der Waals surface area contributed by atoms with E-state index in [0.29, 0.717) is 0 Å². The number of aryl methyl sites for hydroxylation is 3. The van der Waals surface area contributed by atoms with Gasteiger partial charge >= 0.3 is 0 Å². The second kappa shape index (κ2) is 17.8. The molecule has 0 saturated heterocycles. The average Bonchev–Trinajstić information content (AvgIpc) is 3.36. The van der Waals surface area contributed by atoms with Gasteiger partial charge in [0.1, 0.15) is 0 Å². The number of aromatic nitrogens is 1. The highest BCUT2D eigenvalue weighted by Crippen LogP contribution is 2.46. The molecule has 65 heavy (non-hydrogen) atoms. The summed E-state index contributed by atoms with van der Waals surface area (Å²) in [5.41, 5.74) is 14.5. The fraction of sp³-hybridized carbons (Fsp3) is 0.0635. The summed E-state index contributed by atoms with van der Waals surface area (Å²) in [6.07, 6.45) is 0. The minimum absolute atomic E-state index is 0.584. The van der Waals surface area contributed by atoms with E-state index in [1.165, 1.54) is 65.3 Å². The lowest BCUT2D eigenvalue weighted by Gasteiger charge is -2.37. The Kier molecular flexibility index (Phi) is 11.4. The molecule has 0 aliphatic heterocycles. The fourth-order valence-electron chi connectivity index (χ4n) is 10.6. The molecule has 1 aromatic heterocycles. The third kappa shape index (κ3) is 7.56. The lowest BCUT2D eigenvalue weighted by Crippen LogP contribution is -2.74. The van der Waals surface area contributed by atoms with E-state index >= 15 is 0 Å². The van der Waals surface area contributed by atoms with E-state index in [1.807, 2.05) is 0 Å².